The van der Waals surface area contributed by atoms with Crippen molar-refractivity contribution < 1.29 is 19.2 Å². The zero-order chi connectivity index (χ0) is 22.1. The number of aryl methyl sites for hydroxylation is 1. The van der Waals surface area contributed by atoms with Gasteiger partial charge in [-0.3, -0.25) is 4.79 Å². The number of carbonyl (C=O) groups excluding carboxylic acids is 1. The van der Waals surface area contributed by atoms with Crippen molar-refractivity contribution in [3.05, 3.63) is 70.4 Å². The van der Waals surface area contributed by atoms with Crippen molar-refractivity contribution >= 4 is 17.4 Å². The topological polar surface area (TPSA) is 72.6 Å². The van der Waals surface area contributed by atoms with Crippen LogP contribution < -0.4 is 4.74 Å². The van der Waals surface area contributed by atoms with E-state index in [9.17, 15) is 9.90 Å². The molecule has 3 saturated carbocycles. The number of nitrogens with zero attached hydrogens (tertiary/aromatic N) is 1. The first-order valence-electron chi connectivity index (χ1n) is 11.1. The maximum Gasteiger partial charge on any atom is 0.173 e. The predicted octanol–water partition coefficient (Wildman–Crippen LogP) is 5.57. The first-order valence-corrected chi connectivity index (χ1v) is 11.4. The summed E-state index contributed by atoms with van der Waals surface area (Å²) in [5, 5.41) is 15.4. The SMILES string of the molecule is Cc1ccc(-c2cc(C34CC(CC(=O)[C@H]5C[C@@H](O)c6cc(Cl)ccc6O5)(C3)C4)no2)cc1. The van der Waals surface area contributed by atoms with Crippen molar-refractivity contribution in [3.8, 4) is 17.1 Å². The fourth-order valence-electron chi connectivity index (χ4n) is 5.94. The number of benzene rings is 2. The van der Waals surface area contributed by atoms with Crippen LogP contribution in [0.25, 0.3) is 11.3 Å². The Hall–Kier alpha value is -2.63. The Kier molecular flexibility index (Phi) is 4.33. The Bertz CT molecular complexity index is 1200. The third-order valence-corrected chi connectivity index (χ3v) is 7.71. The minimum Gasteiger partial charge on any atom is -0.482 e. The van der Waals surface area contributed by atoms with Gasteiger partial charge in [0.15, 0.2) is 17.6 Å². The largest absolute Gasteiger partial charge is 0.482 e. The van der Waals surface area contributed by atoms with Crippen LogP contribution in [0.2, 0.25) is 5.02 Å². The molecule has 5 nitrogen and oxygen atoms in total. The van der Waals surface area contributed by atoms with Gasteiger partial charge in [0.05, 0.1) is 11.8 Å². The molecule has 2 heterocycles. The lowest BCUT2D eigenvalue weighted by atomic mass is 9.33. The van der Waals surface area contributed by atoms with Crippen molar-refractivity contribution in [3.63, 3.8) is 0 Å². The highest BCUT2D eigenvalue weighted by Gasteiger charge is 2.69. The number of rotatable bonds is 5. The highest BCUT2D eigenvalue weighted by Crippen LogP contribution is 2.75. The second-order valence-electron chi connectivity index (χ2n) is 9.94. The number of halogens is 1. The van der Waals surface area contributed by atoms with Gasteiger partial charge in [0.1, 0.15) is 5.75 Å². The molecule has 2 aromatic carbocycles. The van der Waals surface area contributed by atoms with Crippen molar-refractivity contribution in [1.82, 2.24) is 5.16 Å². The number of hydrogen-bond acceptors (Lipinski definition) is 5. The Morgan fingerprint density at radius 2 is 1.91 bits per heavy atom. The lowest BCUT2D eigenvalue weighted by molar-refractivity contribution is -0.165. The third-order valence-electron chi connectivity index (χ3n) is 7.48. The van der Waals surface area contributed by atoms with Gasteiger partial charge in [-0.2, -0.15) is 0 Å². The number of carbonyl (C=O) groups is 1. The number of aromatic nitrogens is 1. The monoisotopic (exact) mass is 449 g/mol. The molecule has 3 aliphatic carbocycles. The van der Waals surface area contributed by atoms with Crippen molar-refractivity contribution in [2.24, 2.45) is 5.41 Å². The molecule has 3 fully saturated rings. The van der Waals surface area contributed by atoms with Crippen molar-refractivity contribution in [1.29, 1.82) is 0 Å². The van der Waals surface area contributed by atoms with Crippen LogP contribution in [0.15, 0.2) is 53.1 Å². The zero-order valence-corrected chi connectivity index (χ0v) is 18.6. The minimum atomic E-state index is -0.735. The predicted molar refractivity (Wildman–Crippen MR) is 120 cm³/mol. The highest BCUT2D eigenvalue weighted by atomic mass is 35.5. The molecule has 32 heavy (non-hydrogen) atoms. The Labute approximate surface area is 191 Å². The normalized spacial score (nSPS) is 30.0. The van der Waals surface area contributed by atoms with Crippen LogP contribution in [0.1, 0.15) is 55.0 Å². The Balaban J connectivity index is 1.10. The van der Waals surface area contributed by atoms with E-state index in [2.05, 4.69) is 30.3 Å². The second kappa shape index (κ2) is 6.93. The summed E-state index contributed by atoms with van der Waals surface area (Å²) >= 11 is 6.02. The van der Waals surface area contributed by atoms with E-state index in [1.165, 1.54) is 5.56 Å². The van der Waals surface area contributed by atoms with Crippen LogP contribution in [-0.2, 0) is 10.2 Å². The van der Waals surface area contributed by atoms with Gasteiger partial charge >= 0.3 is 0 Å². The van der Waals surface area contributed by atoms with Crippen LogP contribution >= 0.6 is 11.6 Å². The molecule has 7 rings (SSSR count). The van der Waals surface area contributed by atoms with Gasteiger partial charge in [-0.05, 0) is 49.8 Å². The zero-order valence-electron chi connectivity index (χ0n) is 17.8. The molecule has 0 unspecified atom stereocenters. The molecule has 2 atom stereocenters. The second-order valence-corrected chi connectivity index (χ2v) is 10.4. The first kappa shape index (κ1) is 20.0. The van der Waals surface area contributed by atoms with E-state index >= 15 is 0 Å². The number of hydrogen-bond donors (Lipinski definition) is 1. The Morgan fingerprint density at radius 3 is 2.66 bits per heavy atom. The van der Waals surface area contributed by atoms with Crippen LogP contribution in [0.5, 0.6) is 5.75 Å². The van der Waals surface area contributed by atoms with Crippen LogP contribution in [0.4, 0.5) is 0 Å². The summed E-state index contributed by atoms with van der Waals surface area (Å²) in [5.74, 6) is 1.41. The van der Waals surface area contributed by atoms with Crippen LogP contribution in [0, 0.1) is 12.3 Å². The summed E-state index contributed by atoms with van der Waals surface area (Å²) in [6.07, 6.45) is 2.27. The molecule has 1 N–H and O–H groups in total. The fourth-order valence-corrected chi connectivity index (χ4v) is 6.12. The van der Waals surface area contributed by atoms with Gasteiger partial charge in [0.25, 0.3) is 0 Å². The lowest BCUT2D eigenvalue weighted by Crippen LogP contribution is -2.65. The van der Waals surface area contributed by atoms with E-state index < -0.39 is 12.2 Å². The summed E-state index contributed by atoms with van der Waals surface area (Å²) in [6.45, 7) is 2.06. The van der Waals surface area contributed by atoms with Gasteiger partial charge in [-0.1, -0.05) is 46.6 Å². The summed E-state index contributed by atoms with van der Waals surface area (Å²) in [4.78, 5) is 13.0. The number of ketones is 1. The molecule has 1 aromatic heterocycles. The first-order chi connectivity index (χ1) is 15.3. The molecule has 6 heteroatoms. The summed E-state index contributed by atoms with van der Waals surface area (Å²) in [5.41, 5.74) is 3.97. The van der Waals surface area contributed by atoms with Crippen molar-refractivity contribution in [2.45, 2.75) is 56.7 Å². The standard InChI is InChI=1S/C26H24ClNO4/c1-15-2-4-16(5-3-15)22-10-24(28-32-22)26-12-25(13-26,14-26)11-20(30)23-9-19(29)18-8-17(27)6-7-21(18)31-23/h2-8,10,19,23,29H,9,11-14H2,1H3/t19-,23-,25?,26?/m1/s1. The maximum atomic E-state index is 13.0. The number of Topliss-reactive ketones (excluding diaryl/α,β-unsaturated/α-hetero) is 1. The van der Waals surface area contributed by atoms with Gasteiger partial charge in [0.2, 0.25) is 0 Å². The van der Waals surface area contributed by atoms with Crippen molar-refractivity contribution in [2.75, 3.05) is 0 Å². The Morgan fingerprint density at radius 1 is 1.16 bits per heavy atom. The quantitative estimate of drug-likeness (QED) is 0.551. The van der Waals surface area contributed by atoms with E-state index in [0.717, 1.165) is 36.3 Å². The van der Waals surface area contributed by atoms with Crippen LogP contribution in [-0.4, -0.2) is 22.2 Å². The molecule has 3 aromatic rings. The average molecular weight is 450 g/mol. The molecule has 1 aliphatic heterocycles. The van der Waals surface area contributed by atoms with Gasteiger partial charge < -0.3 is 14.4 Å². The summed E-state index contributed by atoms with van der Waals surface area (Å²) in [7, 11) is 0. The van der Waals surface area contributed by atoms with E-state index in [-0.39, 0.29) is 23.0 Å². The highest BCUT2D eigenvalue weighted by molar-refractivity contribution is 6.30. The molecule has 4 aliphatic rings. The van der Waals surface area contributed by atoms with Gasteiger partial charge in [-0.15, -0.1) is 0 Å². The van der Waals surface area contributed by atoms with E-state index in [0.29, 0.717) is 22.8 Å². The molecule has 0 amide bonds. The smallest absolute Gasteiger partial charge is 0.173 e. The number of aliphatic hydroxyl groups excluding tert-OH is 1. The van der Waals surface area contributed by atoms with Crippen LogP contribution in [0.3, 0.4) is 0 Å². The molecule has 0 radical (unpaired) electrons. The molecule has 164 valence electrons. The van der Waals surface area contributed by atoms with Gasteiger partial charge in [0, 0.05) is 40.5 Å². The maximum absolute atomic E-state index is 13.0. The fraction of sp³-hybridized carbons (Fsp3) is 0.385. The molecular weight excluding hydrogens is 426 g/mol. The van der Waals surface area contributed by atoms with E-state index in [4.69, 9.17) is 20.9 Å². The molecule has 0 spiro atoms. The van der Waals surface area contributed by atoms with Gasteiger partial charge in [-0.25, -0.2) is 0 Å². The number of ether oxygens (including phenoxy) is 1. The van der Waals surface area contributed by atoms with E-state index in [1.54, 1.807) is 18.2 Å². The minimum absolute atomic E-state index is 0.0364. The summed E-state index contributed by atoms with van der Waals surface area (Å²) < 4.78 is 11.6. The lowest BCUT2D eigenvalue weighted by Gasteiger charge is -2.70. The van der Waals surface area contributed by atoms with E-state index in [1.807, 2.05) is 12.1 Å². The average Bonchev–Trinajstić information content (AvgIpc) is 3.20. The summed E-state index contributed by atoms with van der Waals surface area (Å²) in [6, 6.07) is 15.4. The molecule has 2 bridgehead atoms. The number of fused-ring (bicyclic) bond motifs is 1. The third kappa shape index (κ3) is 3.10. The number of aliphatic hydroxyl groups is 1. The molecular formula is C26H24ClNO4. The molecule has 0 saturated heterocycles.